The molecule has 0 saturated carbocycles. The Morgan fingerprint density at radius 1 is 0.169 bits per heavy atom. The van der Waals surface area contributed by atoms with Gasteiger partial charge in [0.15, 0.2) is 0 Å². The summed E-state index contributed by atoms with van der Waals surface area (Å²) in [6.45, 7) is 0. The number of benzene rings is 22. The molecule has 2 atom stereocenters. The molecular formula is C140H82N8. The predicted octanol–water partition coefficient (Wildman–Crippen LogP) is 32.7. The van der Waals surface area contributed by atoms with Crippen LogP contribution < -0.4 is 0 Å². The van der Waals surface area contributed by atoms with E-state index in [4.69, 9.17) is 0 Å². The van der Waals surface area contributed by atoms with Crippen molar-refractivity contribution in [3.8, 4) is 103 Å². The molecule has 0 amide bonds. The number of para-hydroxylation sites is 4. The maximum atomic E-state index is 12.2. The molecule has 2 unspecified atom stereocenters. The average Bonchev–Trinajstić information content (AvgIpc) is 1.52. The molecule has 0 spiro atoms. The summed E-state index contributed by atoms with van der Waals surface area (Å²) in [5, 5.41) is 55.2. The van der Waals surface area contributed by atoms with Gasteiger partial charge in [0.1, 0.15) is 18.2 Å². The highest BCUT2D eigenvalue weighted by Gasteiger charge is 2.53. The summed E-state index contributed by atoms with van der Waals surface area (Å²) >= 11 is 0. The van der Waals surface area contributed by atoms with Gasteiger partial charge in [-0.15, -0.1) is 0 Å². The van der Waals surface area contributed by atoms with Gasteiger partial charge in [-0.1, -0.05) is 449 Å². The SMILES string of the molecule is N#Cc1cc(C#N)c(-n2c3ccccc3c3ccc4c(c32)-c2ccccc2C4(c2ccccc2)c2ccccc2)c(-n2c3ccccc3c3ccc4c(c32)-c2ccccc2C4(c2ccccc2)c2ccc(-c3ccc(C4(c5ccccc5)c5ccccc5-c5c4ccc4c6ccccc6n(-c6cc(C#N)c(C#N)cc6-n6c7ccccc7c7ccc8c(c76)-c6ccccc6C8(c6ccccc6)c6ccccc6)c54)cc3)cc2)c1. The van der Waals surface area contributed by atoms with Gasteiger partial charge in [-0.05, 0) is 171 Å². The van der Waals surface area contributed by atoms with Crippen molar-refractivity contribution < 1.29 is 0 Å². The Kier molecular flexibility index (Phi) is 18.0. The minimum Gasteiger partial charge on any atom is -0.306 e. The summed E-state index contributed by atoms with van der Waals surface area (Å²) in [5.41, 5.74) is 37.7. The van der Waals surface area contributed by atoms with Gasteiger partial charge in [0.05, 0.1) is 117 Å². The van der Waals surface area contributed by atoms with Crippen molar-refractivity contribution in [2.24, 2.45) is 0 Å². The number of fused-ring (bicyclic) bond motifs is 28. The quantitative estimate of drug-likeness (QED) is 0.114. The summed E-state index contributed by atoms with van der Waals surface area (Å²) < 4.78 is 9.60. The zero-order chi connectivity index (χ0) is 98.0. The van der Waals surface area contributed by atoms with E-state index in [9.17, 15) is 21.0 Å². The lowest BCUT2D eigenvalue weighted by Gasteiger charge is -2.34. The van der Waals surface area contributed by atoms with Crippen molar-refractivity contribution in [1.29, 1.82) is 21.0 Å². The molecule has 0 radical (unpaired) electrons. The highest BCUT2D eigenvalue weighted by atomic mass is 15.1. The van der Waals surface area contributed by atoms with Crippen molar-refractivity contribution in [2.45, 2.75) is 21.7 Å². The summed E-state index contributed by atoms with van der Waals surface area (Å²) in [6.07, 6.45) is 0. The van der Waals surface area contributed by atoms with Crippen LogP contribution in [0.1, 0.15) is 111 Å². The van der Waals surface area contributed by atoms with Gasteiger partial charge < -0.3 is 18.3 Å². The fourth-order valence-electron chi connectivity index (χ4n) is 27.7. The number of aromatic nitrogens is 4. The molecular weight excluding hydrogens is 1790 g/mol. The molecule has 0 N–H and O–H groups in total. The van der Waals surface area contributed by atoms with Crippen LogP contribution in [-0.4, -0.2) is 18.3 Å². The Bertz CT molecular complexity index is 10300. The molecule has 8 heteroatoms. The lowest BCUT2D eigenvalue weighted by Crippen LogP contribution is -2.28. The second-order valence-electron chi connectivity index (χ2n) is 39.7. The summed E-state index contributed by atoms with van der Waals surface area (Å²) in [4.78, 5) is 0. The van der Waals surface area contributed by atoms with E-state index in [1.165, 1.54) is 11.1 Å². The topological polar surface area (TPSA) is 115 Å². The van der Waals surface area contributed by atoms with Crippen LogP contribution in [0.4, 0.5) is 0 Å². The van der Waals surface area contributed by atoms with E-state index >= 15 is 0 Å². The molecule has 4 aliphatic rings. The van der Waals surface area contributed by atoms with Crippen LogP contribution in [0.2, 0.25) is 0 Å². The van der Waals surface area contributed by atoms with Crippen LogP contribution in [0.15, 0.2) is 497 Å². The maximum absolute atomic E-state index is 12.2. The van der Waals surface area contributed by atoms with Crippen LogP contribution in [0.5, 0.6) is 0 Å². The summed E-state index contributed by atoms with van der Waals surface area (Å²) in [7, 11) is 0. The van der Waals surface area contributed by atoms with Crippen LogP contribution in [0.25, 0.3) is 166 Å². The molecule has 26 aromatic rings. The largest absolute Gasteiger partial charge is 0.306 e. The van der Waals surface area contributed by atoms with Gasteiger partial charge in [0.2, 0.25) is 0 Å². The highest BCUT2D eigenvalue weighted by Crippen LogP contribution is 2.66. The molecule has 682 valence electrons. The van der Waals surface area contributed by atoms with Gasteiger partial charge >= 0.3 is 0 Å². The average molecular weight is 1880 g/mol. The Hall–Kier alpha value is -20.0. The molecule has 4 aromatic heterocycles. The second kappa shape index (κ2) is 31.8. The van der Waals surface area contributed by atoms with Crippen molar-refractivity contribution >= 4 is 87.2 Å². The molecule has 8 nitrogen and oxygen atoms in total. The van der Waals surface area contributed by atoms with Crippen LogP contribution in [0.3, 0.4) is 0 Å². The molecule has 4 heterocycles. The first-order chi connectivity index (χ1) is 73.3. The number of hydrogen-bond acceptors (Lipinski definition) is 4. The molecule has 0 bridgehead atoms. The molecule has 148 heavy (non-hydrogen) atoms. The van der Waals surface area contributed by atoms with E-state index in [0.717, 1.165) is 232 Å². The fraction of sp³-hybridized carbons (Fsp3) is 0.0286. The standard InChI is InChI=1S/C140H82N8/c141-83-87-79-92(86-144)132(148-124-62-34-26-50-104(124)108-74-78-120-131(136(108)148)112-54-22-28-56-114(112)138(120,95-39-11-3-12-40-95)96-41-13-4-14-42-96)127(80-87)147-123-61-33-25-49-103(123)107-73-77-119-130(135(107)147)111-53-21-30-58-116(111)140(119,98-45-17-6-18-46-98)100-69-65-89(66-70-100)88-63-67-99(68-64-88)139(97-43-15-5-16-44-97)115-57-29-20-52-110(115)129-118(139)76-72-106-102-48-24-32-60-122(102)146(134(106)129)126-82-91(85-143)90(84-142)81-125(126)145-121-59-31-23-47-101(121)105-71-75-117-128(133(105)145)109-51-19-27-55-113(109)137(117,93-35-7-1-8-36-93)94-37-9-2-10-38-94/h1-82H. The number of rotatable bonds is 13. The highest BCUT2D eigenvalue weighted by molar-refractivity contribution is 6.22. The second-order valence-corrected chi connectivity index (χ2v) is 39.7. The third-order valence-electron chi connectivity index (χ3n) is 33.2. The Balaban J connectivity index is 0.599. The smallest absolute Gasteiger partial charge is 0.101 e. The van der Waals surface area contributed by atoms with E-state index in [2.05, 4.69) is 516 Å². The van der Waals surface area contributed by atoms with E-state index in [0.29, 0.717) is 22.5 Å². The molecule has 4 aliphatic carbocycles. The van der Waals surface area contributed by atoms with Gasteiger partial charge in [-0.3, -0.25) is 0 Å². The lowest BCUT2D eigenvalue weighted by molar-refractivity contribution is 0.768. The normalized spacial score (nSPS) is 15.0. The Morgan fingerprint density at radius 3 is 0.682 bits per heavy atom. The number of nitriles is 4. The van der Waals surface area contributed by atoms with Crippen molar-refractivity contribution in [1.82, 2.24) is 18.3 Å². The van der Waals surface area contributed by atoms with Gasteiger partial charge in [0.25, 0.3) is 0 Å². The predicted molar refractivity (Wildman–Crippen MR) is 597 cm³/mol. The number of nitrogens with zero attached hydrogens (tertiary/aromatic N) is 8. The third kappa shape index (κ3) is 11.0. The minimum atomic E-state index is -0.884. The Morgan fingerprint density at radius 2 is 0.405 bits per heavy atom. The summed E-state index contributed by atoms with van der Waals surface area (Å²) in [6, 6.07) is 192. The van der Waals surface area contributed by atoms with Gasteiger partial charge in [0, 0.05) is 65.3 Å². The molecule has 0 saturated heterocycles. The monoisotopic (exact) mass is 1870 g/mol. The van der Waals surface area contributed by atoms with Crippen LogP contribution in [-0.2, 0) is 21.7 Å². The molecule has 30 rings (SSSR count). The van der Waals surface area contributed by atoms with Crippen molar-refractivity contribution in [3.63, 3.8) is 0 Å². The van der Waals surface area contributed by atoms with Crippen molar-refractivity contribution in [3.05, 3.63) is 609 Å². The minimum absolute atomic E-state index is 0.277. The third-order valence-corrected chi connectivity index (χ3v) is 33.2. The van der Waals surface area contributed by atoms with Gasteiger partial charge in [-0.25, -0.2) is 0 Å². The fourth-order valence-corrected chi connectivity index (χ4v) is 27.7. The van der Waals surface area contributed by atoms with E-state index in [-0.39, 0.29) is 11.1 Å². The lowest BCUT2D eigenvalue weighted by atomic mass is 9.67. The first-order valence-electron chi connectivity index (χ1n) is 50.5. The van der Waals surface area contributed by atoms with E-state index in [1.54, 1.807) is 6.07 Å². The zero-order valence-electron chi connectivity index (χ0n) is 79.9. The summed E-state index contributed by atoms with van der Waals surface area (Å²) in [5.74, 6) is 0. The van der Waals surface area contributed by atoms with E-state index < -0.39 is 21.7 Å². The van der Waals surface area contributed by atoms with E-state index in [1.807, 2.05) is 18.2 Å². The van der Waals surface area contributed by atoms with Crippen LogP contribution >= 0.6 is 0 Å². The molecule has 0 aliphatic heterocycles. The molecule has 0 fully saturated rings. The molecule has 22 aromatic carbocycles. The first-order valence-corrected chi connectivity index (χ1v) is 50.5. The van der Waals surface area contributed by atoms with Gasteiger partial charge in [-0.2, -0.15) is 21.0 Å². The Labute approximate surface area is 853 Å². The zero-order valence-corrected chi connectivity index (χ0v) is 79.9. The van der Waals surface area contributed by atoms with Crippen molar-refractivity contribution in [2.75, 3.05) is 0 Å². The first kappa shape index (κ1) is 83.8. The van der Waals surface area contributed by atoms with Crippen LogP contribution in [0, 0.1) is 45.3 Å². The maximum Gasteiger partial charge on any atom is 0.101 e. The number of hydrogen-bond donors (Lipinski definition) is 0.